The Hall–Kier alpha value is -2.49. The molecule has 1 atom stereocenters. The molecule has 2 aromatic heterocycles. The van der Waals surface area contributed by atoms with E-state index in [2.05, 4.69) is 20.2 Å². The monoisotopic (exact) mass is 488 g/mol. The van der Waals surface area contributed by atoms with Gasteiger partial charge in [0, 0.05) is 24.3 Å². The van der Waals surface area contributed by atoms with Gasteiger partial charge < -0.3 is 4.90 Å². The number of hydrogen-bond acceptors (Lipinski definition) is 6. The van der Waals surface area contributed by atoms with E-state index in [1.807, 2.05) is 0 Å². The van der Waals surface area contributed by atoms with Gasteiger partial charge in [0.1, 0.15) is 0 Å². The number of piperidine rings is 1. The van der Waals surface area contributed by atoms with E-state index in [0.717, 1.165) is 12.8 Å². The van der Waals surface area contributed by atoms with Gasteiger partial charge in [0.05, 0.1) is 27.5 Å². The molecule has 1 fully saturated rings. The van der Waals surface area contributed by atoms with Crippen molar-refractivity contribution < 1.29 is 13.2 Å². The van der Waals surface area contributed by atoms with Crippen LogP contribution in [0.5, 0.6) is 0 Å². The molecule has 0 spiro atoms. The first-order valence-corrected chi connectivity index (χ1v) is 13.1. The van der Waals surface area contributed by atoms with Gasteiger partial charge in [0.15, 0.2) is 5.03 Å². The number of amides is 1. The van der Waals surface area contributed by atoms with E-state index in [1.54, 1.807) is 23.1 Å². The average Bonchev–Trinajstić information content (AvgIpc) is 3.27. The zero-order valence-electron chi connectivity index (χ0n) is 17.1. The van der Waals surface area contributed by atoms with Gasteiger partial charge in [-0.3, -0.25) is 9.52 Å². The summed E-state index contributed by atoms with van der Waals surface area (Å²) in [6.45, 7) is 1.23. The number of aromatic nitrogens is 2. The number of carbonyl (C=O) groups excluding carboxylic acids is 1. The fraction of sp³-hybridized carbons (Fsp3) is 0.318. The minimum atomic E-state index is -4.07. The smallest absolute Gasteiger partial charge is 0.280 e. The van der Waals surface area contributed by atoms with E-state index in [0.29, 0.717) is 34.1 Å². The van der Waals surface area contributed by atoms with Gasteiger partial charge in [-0.05, 0) is 67.4 Å². The molecule has 166 valence electrons. The number of halogens is 1. The zero-order chi connectivity index (χ0) is 22.3. The molecule has 10 heteroatoms. The molecule has 3 aromatic rings. The van der Waals surface area contributed by atoms with Crippen LogP contribution >= 0.6 is 23.1 Å². The van der Waals surface area contributed by atoms with Crippen molar-refractivity contribution in [2.75, 3.05) is 17.8 Å². The highest BCUT2D eigenvalue weighted by molar-refractivity contribution is 7.92. The van der Waals surface area contributed by atoms with E-state index >= 15 is 0 Å². The lowest BCUT2D eigenvalue weighted by atomic mass is 9.82. The van der Waals surface area contributed by atoms with Crippen LogP contribution in [0.25, 0.3) is 10.1 Å². The Balaban J connectivity index is 1.47. The first-order valence-electron chi connectivity index (χ1n) is 10.4. The van der Waals surface area contributed by atoms with Crippen LogP contribution in [0.2, 0.25) is 5.02 Å². The van der Waals surface area contributed by atoms with Crippen molar-refractivity contribution in [3.8, 4) is 0 Å². The Kier molecular flexibility index (Phi) is 5.65. The molecule has 1 unspecified atom stereocenters. The predicted octanol–water partition coefficient (Wildman–Crippen LogP) is 4.72. The topological polar surface area (TPSA) is 92.3 Å². The number of nitrogens with zero attached hydrogens (tertiary/aromatic N) is 3. The Labute approximate surface area is 195 Å². The summed E-state index contributed by atoms with van der Waals surface area (Å²) in [6.07, 6.45) is 9.52. The molecule has 1 aliphatic heterocycles. The highest BCUT2D eigenvalue weighted by Gasteiger charge is 2.30. The van der Waals surface area contributed by atoms with Crippen LogP contribution in [-0.2, 0) is 10.0 Å². The lowest BCUT2D eigenvalue weighted by Gasteiger charge is -2.36. The zero-order valence-corrected chi connectivity index (χ0v) is 19.5. The van der Waals surface area contributed by atoms with Crippen molar-refractivity contribution in [2.24, 2.45) is 5.92 Å². The Bertz CT molecular complexity index is 1340. The second-order valence-electron chi connectivity index (χ2n) is 8.07. The van der Waals surface area contributed by atoms with Crippen LogP contribution in [0.1, 0.15) is 36.0 Å². The average molecular weight is 489 g/mol. The van der Waals surface area contributed by atoms with Crippen LogP contribution in [-0.4, -0.2) is 41.7 Å². The second kappa shape index (κ2) is 8.46. The molecule has 1 aliphatic carbocycles. The van der Waals surface area contributed by atoms with Crippen molar-refractivity contribution in [3.63, 3.8) is 0 Å². The van der Waals surface area contributed by atoms with Crippen molar-refractivity contribution >= 4 is 54.8 Å². The van der Waals surface area contributed by atoms with Gasteiger partial charge in [0.25, 0.3) is 15.9 Å². The van der Waals surface area contributed by atoms with Crippen molar-refractivity contribution in [1.82, 2.24) is 14.3 Å². The van der Waals surface area contributed by atoms with Crippen LogP contribution < -0.4 is 4.72 Å². The SMILES string of the molecule is O=C(c1ccc(Cl)cc1NS(=O)(=O)c1nccc2sncc12)N1CCC2CCCC=C2C1. The molecule has 3 heterocycles. The summed E-state index contributed by atoms with van der Waals surface area (Å²) >= 11 is 7.35. The van der Waals surface area contributed by atoms with E-state index in [-0.39, 0.29) is 22.2 Å². The van der Waals surface area contributed by atoms with E-state index < -0.39 is 10.0 Å². The normalized spacial score (nSPS) is 18.8. The lowest BCUT2D eigenvalue weighted by Crippen LogP contribution is -2.40. The lowest BCUT2D eigenvalue weighted by molar-refractivity contribution is 0.0731. The largest absolute Gasteiger partial charge is 0.335 e. The number of nitrogens with one attached hydrogen (secondary N) is 1. The van der Waals surface area contributed by atoms with Gasteiger partial charge >= 0.3 is 0 Å². The quantitative estimate of drug-likeness (QED) is 0.536. The summed E-state index contributed by atoms with van der Waals surface area (Å²) in [7, 11) is -4.07. The number of fused-ring (bicyclic) bond motifs is 2. The maximum Gasteiger partial charge on any atom is 0.280 e. The summed E-state index contributed by atoms with van der Waals surface area (Å²) in [6, 6.07) is 6.35. The molecule has 7 nitrogen and oxygen atoms in total. The molecule has 2 aliphatic rings. The molecule has 0 radical (unpaired) electrons. The van der Waals surface area contributed by atoms with Crippen LogP contribution in [0.4, 0.5) is 5.69 Å². The first-order chi connectivity index (χ1) is 15.4. The third-order valence-electron chi connectivity index (χ3n) is 6.05. The first kappa shape index (κ1) is 21.4. The fourth-order valence-corrected chi connectivity index (χ4v) is 6.53. The van der Waals surface area contributed by atoms with Gasteiger partial charge in [-0.1, -0.05) is 23.3 Å². The third kappa shape index (κ3) is 4.00. The van der Waals surface area contributed by atoms with Crippen molar-refractivity contribution in [2.45, 2.75) is 30.7 Å². The maximum atomic E-state index is 13.4. The molecule has 1 aromatic carbocycles. The van der Waals surface area contributed by atoms with Crippen LogP contribution in [0, 0.1) is 5.92 Å². The predicted molar refractivity (Wildman–Crippen MR) is 126 cm³/mol. The number of likely N-dealkylation sites (tertiary alicyclic amines) is 1. The maximum absolute atomic E-state index is 13.4. The molecule has 1 N–H and O–H groups in total. The summed E-state index contributed by atoms with van der Waals surface area (Å²) in [5.41, 5.74) is 1.72. The second-order valence-corrected chi connectivity index (χ2v) is 10.9. The van der Waals surface area contributed by atoms with Gasteiger partial charge in [-0.25, -0.2) is 4.98 Å². The highest BCUT2D eigenvalue weighted by atomic mass is 35.5. The molecular weight excluding hydrogens is 468 g/mol. The Morgan fingerprint density at radius 3 is 3.00 bits per heavy atom. The molecule has 0 saturated carbocycles. The Morgan fingerprint density at radius 2 is 2.12 bits per heavy atom. The summed E-state index contributed by atoms with van der Waals surface area (Å²) in [5, 5.41) is 0.637. The Morgan fingerprint density at radius 1 is 1.25 bits per heavy atom. The van der Waals surface area contributed by atoms with Gasteiger partial charge in [-0.15, -0.1) is 0 Å². The van der Waals surface area contributed by atoms with E-state index in [4.69, 9.17) is 11.6 Å². The van der Waals surface area contributed by atoms with Crippen molar-refractivity contribution in [3.05, 3.63) is 58.9 Å². The fourth-order valence-electron chi connectivity index (χ4n) is 4.45. The molecule has 1 saturated heterocycles. The minimum Gasteiger partial charge on any atom is -0.335 e. The number of carbonyl (C=O) groups is 1. The van der Waals surface area contributed by atoms with Crippen LogP contribution in [0.15, 0.2) is 53.3 Å². The molecular formula is C22H21ClN4O3S2. The van der Waals surface area contributed by atoms with E-state index in [1.165, 1.54) is 48.4 Å². The number of hydrogen-bond donors (Lipinski definition) is 1. The number of sulfonamides is 1. The van der Waals surface area contributed by atoms with Gasteiger partial charge in [-0.2, -0.15) is 12.8 Å². The number of pyridine rings is 1. The number of anilines is 1. The third-order valence-corrected chi connectivity index (χ3v) is 8.37. The molecule has 5 rings (SSSR count). The van der Waals surface area contributed by atoms with E-state index in [9.17, 15) is 13.2 Å². The summed E-state index contributed by atoms with van der Waals surface area (Å²) < 4.78 is 33.7. The summed E-state index contributed by atoms with van der Waals surface area (Å²) in [5.74, 6) is 0.342. The van der Waals surface area contributed by atoms with Crippen LogP contribution in [0.3, 0.4) is 0 Å². The number of benzene rings is 1. The molecule has 0 bridgehead atoms. The standard InChI is InChI=1S/C22H21ClN4O3S2/c23-16-5-6-17(22(28)27-10-8-14-3-1-2-4-15(14)13-27)19(11-16)26-32(29,30)21-18-12-25-31-20(18)7-9-24-21/h4-7,9,11-12,14,26H,1-3,8,10,13H2. The minimum absolute atomic E-state index is 0.129. The number of rotatable bonds is 4. The van der Waals surface area contributed by atoms with Gasteiger partial charge in [0.2, 0.25) is 0 Å². The summed E-state index contributed by atoms with van der Waals surface area (Å²) in [4.78, 5) is 19.2. The molecule has 32 heavy (non-hydrogen) atoms. The number of allylic oxidation sites excluding steroid dienone is 1. The van der Waals surface area contributed by atoms with Crippen molar-refractivity contribution in [1.29, 1.82) is 0 Å². The highest BCUT2D eigenvalue weighted by Crippen LogP contribution is 2.34. The molecule has 1 amide bonds.